The molecule has 0 saturated carbocycles. The molecule has 6 nitrogen and oxygen atoms in total. The summed E-state index contributed by atoms with van der Waals surface area (Å²) in [6.07, 6.45) is 0. The van der Waals surface area contributed by atoms with E-state index >= 15 is 0 Å². The molecule has 0 bridgehead atoms. The number of rotatable bonds is 2. The maximum absolute atomic E-state index is 6.14. The van der Waals surface area contributed by atoms with E-state index in [0.29, 0.717) is 27.3 Å². The fourth-order valence-corrected chi connectivity index (χ4v) is 2.64. The van der Waals surface area contributed by atoms with Gasteiger partial charge in [-0.2, -0.15) is 0 Å². The van der Waals surface area contributed by atoms with Crippen molar-refractivity contribution in [2.75, 3.05) is 0 Å². The molecule has 0 atom stereocenters. The second-order valence-electron chi connectivity index (χ2n) is 4.50. The summed E-state index contributed by atoms with van der Waals surface area (Å²) in [6.45, 7) is 0. The third kappa shape index (κ3) is 2.04. The predicted molar refractivity (Wildman–Crippen MR) is 82.6 cm³/mol. The molecule has 4 aromatic rings. The molecule has 8 heteroatoms. The number of tetrazole rings is 1. The van der Waals surface area contributed by atoms with Gasteiger partial charge in [-0.25, -0.2) is 0 Å². The van der Waals surface area contributed by atoms with Crippen molar-refractivity contribution in [2.45, 2.75) is 0 Å². The molecular formula is C14H7Cl2N5O. The first-order chi connectivity index (χ1) is 10.7. The topological polar surface area (TPSA) is 65.2 Å². The van der Waals surface area contributed by atoms with Crippen molar-refractivity contribution >= 4 is 39.6 Å². The highest BCUT2D eigenvalue weighted by molar-refractivity contribution is 6.37. The lowest BCUT2D eigenvalue weighted by Crippen LogP contribution is -2.00. The van der Waals surface area contributed by atoms with Crippen LogP contribution in [0.25, 0.3) is 16.4 Å². The van der Waals surface area contributed by atoms with Crippen LogP contribution in [0.3, 0.4) is 0 Å². The summed E-state index contributed by atoms with van der Waals surface area (Å²) in [5, 5.41) is 18.1. The van der Waals surface area contributed by atoms with Gasteiger partial charge >= 0.3 is 0 Å². The Morgan fingerprint density at radius 2 is 1.64 bits per heavy atom. The standard InChI is InChI=1S/C14H7Cl2N5O/c15-10-6-3-7-11(16)12(10)22-14-9-5-2-1-4-8(9)13-17-19-20-21(13)18-14/h1-7H. The molecule has 0 saturated heterocycles. The molecule has 22 heavy (non-hydrogen) atoms. The van der Waals surface area contributed by atoms with Crippen LogP contribution >= 0.6 is 23.2 Å². The molecule has 4 rings (SSSR count). The third-order valence-electron chi connectivity index (χ3n) is 3.16. The van der Waals surface area contributed by atoms with Crippen molar-refractivity contribution in [1.82, 2.24) is 25.3 Å². The molecule has 0 N–H and O–H groups in total. The monoisotopic (exact) mass is 331 g/mol. The second kappa shape index (κ2) is 5.08. The summed E-state index contributed by atoms with van der Waals surface area (Å²) in [5.41, 5.74) is 0.549. The molecule has 0 aliphatic carbocycles. The van der Waals surface area contributed by atoms with Crippen molar-refractivity contribution < 1.29 is 4.74 Å². The first-order valence-electron chi connectivity index (χ1n) is 6.33. The first kappa shape index (κ1) is 13.2. The van der Waals surface area contributed by atoms with Gasteiger partial charge in [0.05, 0.1) is 10.0 Å². The van der Waals surface area contributed by atoms with Crippen LogP contribution in [0.15, 0.2) is 42.5 Å². The lowest BCUT2D eigenvalue weighted by atomic mass is 10.2. The predicted octanol–water partition coefficient (Wildman–Crippen LogP) is 3.77. The molecule has 0 amide bonds. The lowest BCUT2D eigenvalue weighted by Gasteiger charge is -2.10. The summed E-state index contributed by atoms with van der Waals surface area (Å²) in [6, 6.07) is 12.7. The number of benzene rings is 2. The minimum absolute atomic E-state index is 0.324. The number of halogens is 2. The van der Waals surface area contributed by atoms with Crippen LogP contribution in [0, 0.1) is 0 Å². The van der Waals surface area contributed by atoms with E-state index in [2.05, 4.69) is 20.6 Å². The molecule has 0 aliphatic rings. The Morgan fingerprint density at radius 3 is 2.41 bits per heavy atom. The molecule has 2 aromatic carbocycles. The zero-order valence-corrected chi connectivity index (χ0v) is 12.5. The molecule has 0 radical (unpaired) electrons. The molecule has 0 fully saturated rings. The van der Waals surface area contributed by atoms with E-state index in [1.54, 1.807) is 18.2 Å². The van der Waals surface area contributed by atoms with E-state index in [1.807, 2.05) is 24.3 Å². The van der Waals surface area contributed by atoms with E-state index in [4.69, 9.17) is 27.9 Å². The van der Waals surface area contributed by atoms with Gasteiger partial charge in [0, 0.05) is 10.8 Å². The van der Waals surface area contributed by atoms with Crippen LogP contribution < -0.4 is 4.74 Å². The van der Waals surface area contributed by atoms with Crippen molar-refractivity contribution in [3.8, 4) is 11.6 Å². The molecule has 2 heterocycles. The minimum atomic E-state index is 0.324. The largest absolute Gasteiger partial charge is 0.434 e. The SMILES string of the molecule is Clc1cccc(Cl)c1Oc1nn2nnnc2c2ccccc12. The van der Waals surface area contributed by atoms with Gasteiger partial charge in [-0.05, 0) is 28.6 Å². The van der Waals surface area contributed by atoms with Crippen LogP contribution in [0.1, 0.15) is 0 Å². The van der Waals surface area contributed by atoms with Gasteiger partial charge in [0.2, 0.25) is 11.5 Å². The average molecular weight is 332 g/mol. The smallest absolute Gasteiger partial charge is 0.247 e. The van der Waals surface area contributed by atoms with Gasteiger partial charge < -0.3 is 4.74 Å². The maximum atomic E-state index is 6.14. The highest BCUT2D eigenvalue weighted by Gasteiger charge is 2.15. The zero-order valence-electron chi connectivity index (χ0n) is 10.9. The number of hydrogen-bond acceptors (Lipinski definition) is 5. The molecule has 108 valence electrons. The summed E-state index contributed by atoms with van der Waals surface area (Å²) in [5.74, 6) is 0.668. The zero-order chi connectivity index (χ0) is 15.1. The fraction of sp³-hybridized carbons (Fsp3) is 0. The van der Waals surface area contributed by atoms with Gasteiger partial charge in [-0.15, -0.1) is 14.8 Å². The van der Waals surface area contributed by atoms with Crippen LogP contribution in [0.2, 0.25) is 10.0 Å². The van der Waals surface area contributed by atoms with Crippen LogP contribution in [-0.4, -0.2) is 25.3 Å². The van der Waals surface area contributed by atoms with Crippen molar-refractivity contribution in [3.63, 3.8) is 0 Å². The van der Waals surface area contributed by atoms with Gasteiger partial charge in [0.1, 0.15) is 0 Å². The van der Waals surface area contributed by atoms with E-state index in [-0.39, 0.29) is 0 Å². The summed E-state index contributed by atoms with van der Waals surface area (Å²) < 4.78 is 7.15. The minimum Gasteiger partial charge on any atom is -0.434 e. The number of hydrogen-bond donors (Lipinski definition) is 0. The Balaban J connectivity index is 1.97. The van der Waals surface area contributed by atoms with E-state index < -0.39 is 0 Å². The summed E-state index contributed by atoms with van der Waals surface area (Å²) in [4.78, 5) is 0. The van der Waals surface area contributed by atoms with Crippen molar-refractivity contribution in [2.24, 2.45) is 0 Å². The van der Waals surface area contributed by atoms with E-state index in [0.717, 1.165) is 10.8 Å². The molecule has 0 unspecified atom stereocenters. The van der Waals surface area contributed by atoms with Gasteiger partial charge in [0.25, 0.3) is 0 Å². The van der Waals surface area contributed by atoms with Crippen LogP contribution in [-0.2, 0) is 0 Å². The Hall–Kier alpha value is -2.44. The Kier molecular flexibility index (Phi) is 3.06. The highest BCUT2D eigenvalue weighted by Crippen LogP contribution is 2.37. The Bertz CT molecular complexity index is 981. The van der Waals surface area contributed by atoms with Gasteiger partial charge in [-0.3, -0.25) is 0 Å². The second-order valence-corrected chi connectivity index (χ2v) is 5.31. The van der Waals surface area contributed by atoms with Crippen molar-refractivity contribution in [1.29, 1.82) is 0 Å². The molecule has 0 spiro atoms. The van der Waals surface area contributed by atoms with E-state index in [9.17, 15) is 0 Å². The van der Waals surface area contributed by atoms with Crippen LogP contribution in [0.4, 0.5) is 0 Å². The number of nitrogens with zero attached hydrogens (tertiary/aromatic N) is 5. The lowest BCUT2D eigenvalue weighted by molar-refractivity contribution is 0.454. The highest BCUT2D eigenvalue weighted by atomic mass is 35.5. The fourth-order valence-electron chi connectivity index (χ4n) is 2.17. The summed E-state index contributed by atoms with van der Waals surface area (Å²) >= 11 is 12.3. The van der Waals surface area contributed by atoms with E-state index in [1.165, 1.54) is 4.63 Å². The van der Waals surface area contributed by atoms with Gasteiger partial charge in [-0.1, -0.05) is 47.5 Å². The quantitative estimate of drug-likeness (QED) is 0.559. The number of aromatic nitrogens is 5. The first-order valence-corrected chi connectivity index (χ1v) is 7.08. The number of para-hydroxylation sites is 1. The third-order valence-corrected chi connectivity index (χ3v) is 3.75. The normalized spacial score (nSPS) is 11.2. The molecular weight excluding hydrogens is 325 g/mol. The molecule has 2 aromatic heterocycles. The summed E-state index contributed by atoms with van der Waals surface area (Å²) in [7, 11) is 0. The van der Waals surface area contributed by atoms with Crippen molar-refractivity contribution in [3.05, 3.63) is 52.5 Å². The number of ether oxygens (including phenoxy) is 1. The average Bonchev–Trinajstić information content (AvgIpc) is 2.99. The number of fused-ring (bicyclic) bond motifs is 3. The molecule has 0 aliphatic heterocycles. The Labute approximate surface area is 134 Å². The maximum Gasteiger partial charge on any atom is 0.247 e. The van der Waals surface area contributed by atoms with Gasteiger partial charge in [0.15, 0.2) is 5.75 Å². The van der Waals surface area contributed by atoms with Crippen LogP contribution in [0.5, 0.6) is 11.6 Å². The Morgan fingerprint density at radius 1 is 0.909 bits per heavy atom.